The average molecular weight is 392 g/mol. The van der Waals surface area contributed by atoms with Crippen molar-refractivity contribution in [3.63, 3.8) is 0 Å². The number of hydrogen-bond acceptors (Lipinski definition) is 2. The van der Waals surface area contributed by atoms with Crippen molar-refractivity contribution in [3.05, 3.63) is 64.2 Å². The van der Waals surface area contributed by atoms with Gasteiger partial charge in [-0.25, -0.2) is 0 Å². The molecule has 8 heteroatoms. The van der Waals surface area contributed by atoms with E-state index in [1.54, 1.807) is 0 Å². The van der Waals surface area contributed by atoms with Gasteiger partial charge in [-0.15, -0.1) is 0 Å². The summed E-state index contributed by atoms with van der Waals surface area (Å²) in [7, 11) is 0. The van der Waals surface area contributed by atoms with E-state index >= 15 is 0 Å². The average Bonchev–Trinajstić information content (AvgIpc) is 2.59. The van der Waals surface area contributed by atoms with Crippen LogP contribution in [0.25, 0.3) is 0 Å². The summed E-state index contributed by atoms with van der Waals surface area (Å²) in [6, 6.07) is 12.0. The molecule has 0 fully saturated rings. The van der Waals surface area contributed by atoms with Gasteiger partial charge in [-0.2, -0.15) is 18.4 Å². The Morgan fingerprint density at radius 3 is 2.35 bits per heavy atom. The number of alkyl halides is 3. The molecule has 1 heterocycles. The summed E-state index contributed by atoms with van der Waals surface area (Å²) in [5.41, 5.74) is -1.96. The molecule has 26 heavy (non-hydrogen) atoms. The molecule has 2 aromatic rings. The van der Waals surface area contributed by atoms with E-state index in [0.29, 0.717) is 11.1 Å². The fourth-order valence-corrected chi connectivity index (χ4v) is 2.95. The number of nitriles is 1. The van der Waals surface area contributed by atoms with E-state index in [9.17, 15) is 13.2 Å². The van der Waals surface area contributed by atoms with Gasteiger partial charge >= 0.3 is 6.18 Å². The van der Waals surface area contributed by atoms with E-state index in [0.717, 1.165) is 0 Å². The number of halogens is 4. The first kappa shape index (κ1) is 18.1. The molecular formula is C18H9ClF3N3S. The van der Waals surface area contributed by atoms with Gasteiger partial charge in [0.1, 0.15) is 0 Å². The Morgan fingerprint density at radius 1 is 1.08 bits per heavy atom. The molecule has 2 N–H and O–H groups in total. The van der Waals surface area contributed by atoms with Crippen molar-refractivity contribution in [2.75, 3.05) is 5.32 Å². The van der Waals surface area contributed by atoms with Crippen LogP contribution in [-0.2, 0) is 5.54 Å². The predicted octanol–water partition coefficient (Wildman–Crippen LogP) is 4.32. The van der Waals surface area contributed by atoms with Crippen molar-refractivity contribution in [1.82, 2.24) is 5.32 Å². The van der Waals surface area contributed by atoms with Crippen molar-refractivity contribution < 1.29 is 13.2 Å². The van der Waals surface area contributed by atoms with E-state index in [-0.39, 0.29) is 21.4 Å². The summed E-state index contributed by atoms with van der Waals surface area (Å²) < 4.78 is 42.2. The Kier molecular flexibility index (Phi) is 4.53. The maximum atomic E-state index is 14.1. The molecule has 1 aliphatic rings. The summed E-state index contributed by atoms with van der Waals surface area (Å²) in [5, 5.41) is 13.7. The molecule has 0 amide bonds. The highest BCUT2D eigenvalue weighted by Gasteiger charge is 2.58. The smallest absolute Gasteiger partial charge is 0.335 e. The lowest BCUT2D eigenvalue weighted by Gasteiger charge is -2.38. The number of fused-ring (bicyclic) bond motifs is 1. The molecule has 3 nitrogen and oxygen atoms in total. The Balaban J connectivity index is 2.19. The Hall–Kier alpha value is -2.74. The molecule has 0 spiro atoms. The fourth-order valence-electron chi connectivity index (χ4n) is 2.51. The molecule has 0 radical (unpaired) electrons. The molecule has 3 rings (SSSR count). The van der Waals surface area contributed by atoms with E-state index < -0.39 is 11.7 Å². The minimum atomic E-state index is -4.77. The van der Waals surface area contributed by atoms with Gasteiger partial charge in [0.25, 0.3) is 0 Å². The number of rotatable bonds is 0. The van der Waals surface area contributed by atoms with E-state index in [1.165, 1.54) is 42.5 Å². The second-order valence-electron chi connectivity index (χ2n) is 5.46. The Morgan fingerprint density at radius 2 is 1.73 bits per heavy atom. The van der Waals surface area contributed by atoms with Gasteiger partial charge < -0.3 is 10.6 Å². The molecule has 1 atom stereocenters. The quantitative estimate of drug-likeness (QED) is 0.518. The number of anilines is 1. The van der Waals surface area contributed by atoms with Crippen molar-refractivity contribution in [2.24, 2.45) is 0 Å². The summed E-state index contributed by atoms with van der Waals surface area (Å²) >= 11 is 10.8. The van der Waals surface area contributed by atoms with Crippen molar-refractivity contribution in [2.45, 2.75) is 11.7 Å². The zero-order valence-corrected chi connectivity index (χ0v) is 14.5. The third-order valence-corrected chi connectivity index (χ3v) is 4.21. The minimum absolute atomic E-state index is 0.147. The van der Waals surface area contributed by atoms with Crippen molar-refractivity contribution in [1.29, 1.82) is 5.26 Å². The van der Waals surface area contributed by atoms with Crippen LogP contribution in [0.3, 0.4) is 0 Å². The van der Waals surface area contributed by atoms with Gasteiger partial charge in [0.15, 0.2) is 5.11 Å². The molecule has 130 valence electrons. The number of nitrogens with one attached hydrogen (secondary N) is 2. The maximum absolute atomic E-state index is 14.1. The van der Waals surface area contributed by atoms with E-state index in [4.69, 9.17) is 29.1 Å². The SMILES string of the molecule is N#Cc1ccc(C#CC2(C(F)(F)F)NC(=S)Nc3ccc(Cl)cc32)cc1. The maximum Gasteiger partial charge on any atom is 0.427 e. The first-order valence-corrected chi connectivity index (χ1v) is 8.03. The van der Waals surface area contributed by atoms with E-state index in [2.05, 4.69) is 22.5 Å². The summed E-state index contributed by atoms with van der Waals surface area (Å²) in [6.45, 7) is 0. The van der Waals surface area contributed by atoms with Crippen LogP contribution in [0.1, 0.15) is 16.7 Å². The molecule has 0 saturated heterocycles. The third-order valence-electron chi connectivity index (χ3n) is 3.77. The van der Waals surface area contributed by atoms with Gasteiger partial charge in [-0.3, -0.25) is 0 Å². The summed E-state index contributed by atoms with van der Waals surface area (Å²) in [5.74, 6) is 4.81. The molecule has 0 aromatic heterocycles. The highest BCUT2D eigenvalue weighted by molar-refractivity contribution is 7.80. The topological polar surface area (TPSA) is 47.9 Å². The lowest BCUT2D eigenvalue weighted by atomic mass is 9.86. The first-order valence-electron chi connectivity index (χ1n) is 7.24. The van der Waals surface area contributed by atoms with Gasteiger partial charge in [-0.05, 0) is 54.7 Å². The van der Waals surface area contributed by atoms with Gasteiger partial charge in [0, 0.05) is 21.8 Å². The van der Waals surface area contributed by atoms with Crippen LogP contribution < -0.4 is 10.6 Å². The first-order chi connectivity index (χ1) is 12.2. The third kappa shape index (κ3) is 3.20. The highest BCUT2D eigenvalue weighted by atomic mass is 35.5. The minimum Gasteiger partial charge on any atom is -0.335 e. The molecule has 0 saturated carbocycles. The summed E-state index contributed by atoms with van der Waals surface area (Å²) in [4.78, 5) is 0. The predicted molar refractivity (Wildman–Crippen MR) is 96.6 cm³/mol. The molecule has 0 bridgehead atoms. The van der Waals surface area contributed by atoms with Crippen LogP contribution in [0, 0.1) is 23.2 Å². The van der Waals surface area contributed by atoms with Crippen molar-refractivity contribution >= 4 is 34.6 Å². The largest absolute Gasteiger partial charge is 0.427 e. The van der Waals surface area contributed by atoms with Crippen LogP contribution >= 0.6 is 23.8 Å². The lowest BCUT2D eigenvalue weighted by molar-refractivity contribution is -0.177. The molecule has 1 aliphatic heterocycles. The number of thiocarbonyl (C=S) groups is 1. The monoisotopic (exact) mass is 391 g/mol. The highest BCUT2D eigenvalue weighted by Crippen LogP contribution is 2.44. The van der Waals surface area contributed by atoms with Crippen LogP contribution in [0.4, 0.5) is 18.9 Å². The van der Waals surface area contributed by atoms with E-state index in [1.807, 2.05) is 6.07 Å². The van der Waals surface area contributed by atoms with Gasteiger partial charge in [0.05, 0.1) is 11.6 Å². The van der Waals surface area contributed by atoms with Gasteiger partial charge in [-0.1, -0.05) is 23.4 Å². The summed E-state index contributed by atoms with van der Waals surface area (Å²) in [6.07, 6.45) is -4.77. The Bertz CT molecular complexity index is 984. The van der Waals surface area contributed by atoms with Gasteiger partial charge in [0.2, 0.25) is 5.54 Å². The number of hydrogen-bond donors (Lipinski definition) is 2. The van der Waals surface area contributed by atoms with Crippen molar-refractivity contribution in [3.8, 4) is 17.9 Å². The zero-order chi connectivity index (χ0) is 18.9. The van der Waals surface area contributed by atoms with Crippen LogP contribution in [-0.4, -0.2) is 11.3 Å². The molecule has 1 unspecified atom stereocenters. The molecule has 2 aromatic carbocycles. The Labute approximate surface area is 157 Å². The standard InChI is InChI=1S/C18H9ClF3N3S/c19-13-5-6-15-14(9-13)17(18(20,21)22,25-16(26)24-15)8-7-11-1-3-12(10-23)4-2-11/h1-6,9H,(H2,24,25,26). The van der Waals surface area contributed by atoms with Crippen LogP contribution in [0.2, 0.25) is 5.02 Å². The second kappa shape index (κ2) is 6.53. The second-order valence-corrected chi connectivity index (χ2v) is 6.30. The zero-order valence-electron chi connectivity index (χ0n) is 12.9. The number of benzene rings is 2. The normalized spacial score (nSPS) is 18.5. The molecular weight excluding hydrogens is 383 g/mol. The van der Waals surface area contributed by atoms with Crippen LogP contribution in [0.15, 0.2) is 42.5 Å². The fraction of sp³-hybridized carbons (Fsp3) is 0.111. The number of nitrogens with zero attached hydrogens (tertiary/aromatic N) is 1. The van der Waals surface area contributed by atoms with Crippen LogP contribution in [0.5, 0.6) is 0 Å². The lowest BCUT2D eigenvalue weighted by Crippen LogP contribution is -2.59. The molecule has 0 aliphatic carbocycles.